The van der Waals surface area contributed by atoms with Gasteiger partial charge in [-0.3, -0.25) is 9.78 Å². The number of hydrogen-bond acceptors (Lipinski definition) is 5. The highest BCUT2D eigenvalue weighted by atomic mass is 32.2. The third kappa shape index (κ3) is 5.93. The zero-order valence-corrected chi connectivity index (χ0v) is 15.1. The molecule has 0 unspecified atom stereocenters. The van der Waals surface area contributed by atoms with E-state index < -0.39 is 10.0 Å². The van der Waals surface area contributed by atoms with E-state index in [1.165, 1.54) is 24.3 Å². The molecule has 0 spiro atoms. The van der Waals surface area contributed by atoms with Crippen LogP contribution in [0.2, 0.25) is 0 Å². The molecule has 7 nitrogen and oxygen atoms in total. The Balaban J connectivity index is 1.97. The minimum Gasteiger partial charge on any atom is -0.351 e. The van der Waals surface area contributed by atoms with Gasteiger partial charge >= 0.3 is 0 Å². The summed E-state index contributed by atoms with van der Waals surface area (Å²) in [6.07, 6.45) is 3.21. The lowest BCUT2D eigenvalue weighted by molar-refractivity contribution is 0.0951. The second kappa shape index (κ2) is 8.70. The number of nitrogens with one attached hydrogen (secondary N) is 2. The van der Waals surface area contributed by atoms with Crippen molar-refractivity contribution in [2.75, 3.05) is 27.2 Å². The predicted molar refractivity (Wildman–Crippen MR) is 95.6 cm³/mol. The molecular formula is C17H22N4O3S. The van der Waals surface area contributed by atoms with Crippen LogP contribution in [-0.2, 0) is 16.6 Å². The van der Waals surface area contributed by atoms with Crippen LogP contribution in [0.4, 0.5) is 0 Å². The number of likely N-dealkylation sites (N-methyl/N-ethyl adjacent to an activating group) is 1. The number of nitrogens with zero attached hydrogens (tertiary/aromatic N) is 2. The maximum Gasteiger partial charge on any atom is 0.251 e. The number of carbonyl (C=O) groups excluding carboxylic acids is 1. The second-order valence-electron chi connectivity index (χ2n) is 5.76. The molecule has 1 amide bonds. The van der Waals surface area contributed by atoms with Gasteiger partial charge in [0.2, 0.25) is 10.0 Å². The van der Waals surface area contributed by atoms with Crippen LogP contribution in [0, 0.1) is 0 Å². The van der Waals surface area contributed by atoms with Crippen LogP contribution < -0.4 is 10.0 Å². The SMILES string of the molecule is CN(C)CCNC(=O)c1ccc(S(=O)(=O)NCc2ccncc2)cc1. The van der Waals surface area contributed by atoms with Gasteiger partial charge in [-0.25, -0.2) is 13.1 Å². The van der Waals surface area contributed by atoms with E-state index in [4.69, 9.17) is 0 Å². The average molecular weight is 362 g/mol. The number of hydrogen-bond donors (Lipinski definition) is 2. The average Bonchev–Trinajstić information content (AvgIpc) is 2.61. The standard InChI is InChI=1S/C17H22N4O3S/c1-21(2)12-11-19-17(22)15-3-5-16(6-4-15)25(23,24)20-13-14-7-9-18-10-8-14/h3-10,20H,11-13H2,1-2H3,(H,19,22). The number of carbonyl (C=O) groups is 1. The van der Waals surface area contributed by atoms with Crippen molar-refractivity contribution in [2.45, 2.75) is 11.4 Å². The summed E-state index contributed by atoms with van der Waals surface area (Å²) in [4.78, 5) is 18.0. The Kier molecular flexibility index (Phi) is 6.63. The summed E-state index contributed by atoms with van der Waals surface area (Å²) in [5.74, 6) is -0.226. The lowest BCUT2D eigenvalue weighted by Crippen LogP contribution is -2.31. The van der Waals surface area contributed by atoms with Gasteiger partial charge < -0.3 is 10.2 Å². The number of amides is 1. The van der Waals surface area contributed by atoms with Crippen LogP contribution in [0.3, 0.4) is 0 Å². The highest BCUT2D eigenvalue weighted by Crippen LogP contribution is 2.11. The summed E-state index contributed by atoms with van der Waals surface area (Å²) in [6, 6.07) is 9.34. The molecule has 0 aliphatic carbocycles. The normalized spacial score (nSPS) is 11.5. The smallest absolute Gasteiger partial charge is 0.251 e. The molecule has 0 atom stereocenters. The lowest BCUT2D eigenvalue weighted by Gasteiger charge is -2.11. The lowest BCUT2D eigenvalue weighted by atomic mass is 10.2. The van der Waals surface area contributed by atoms with Crippen molar-refractivity contribution in [3.05, 3.63) is 59.9 Å². The molecule has 25 heavy (non-hydrogen) atoms. The van der Waals surface area contributed by atoms with Crippen molar-refractivity contribution in [1.82, 2.24) is 19.9 Å². The zero-order chi connectivity index (χ0) is 18.3. The Morgan fingerprint density at radius 3 is 2.32 bits per heavy atom. The molecule has 0 fully saturated rings. The summed E-state index contributed by atoms with van der Waals surface area (Å²) in [6.45, 7) is 1.44. The summed E-state index contributed by atoms with van der Waals surface area (Å²) in [5, 5.41) is 2.78. The molecule has 134 valence electrons. The predicted octanol–water partition coefficient (Wildman–Crippen LogP) is 0.852. The maximum absolute atomic E-state index is 12.3. The van der Waals surface area contributed by atoms with Gasteiger partial charge in [-0.2, -0.15) is 0 Å². The number of rotatable bonds is 8. The van der Waals surface area contributed by atoms with Gasteiger partial charge in [-0.05, 0) is 56.1 Å². The van der Waals surface area contributed by atoms with Gasteiger partial charge in [0.15, 0.2) is 0 Å². The van der Waals surface area contributed by atoms with Gasteiger partial charge in [-0.15, -0.1) is 0 Å². The van der Waals surface area contributed by atoms with Crippen LogP contribution in [0.25, 0.3) is 0 Å². The Morgan fingerprint density at radius 1 is 1.08 bits per heavy atom. The summed E-state index contributed by atoms with van der Waals surface area (Å²) in [7, 11) is 0.205. The van der Waals surface area contributed by atoms with Crippen molar-refractivity contribution in [1.29, 1.82) is 0 Å². The quantitative estimate of drug-likeness (QED) is 0.726. The molecule has 2 aromatic rings. The van der Waals surface area contributed by atoms with E-state index >= 15 is 0 Å². The molecule has 1 aromatic carbocycles. The van der Waals surface area contributed by atoms with Crippen molar-refractivity contribution in [3.8, 4) is 0 Å². The first-order chi connectivity index (χ1) is 11.9. The fraction of sp³-hybridized carbons (Fsp3) is 0.294. The number of aromatic nitrogens is 1. The minimum atomic E-state index is -3.64. The molecule has 1 aromatic heterocycles. The first-order valence-corrected chi connectivity index (χ1v) is 9.28. The molecule has 0 radical (unpaired) electrons. The van der Waals surface area contributed by atoms with E-state index in [9.17, 15) is 13.2 Å². The van der Waals surface area contributed by atoms with Crippen molar-refractivity contribution in [3.63, 3.8) is 0 Å². The van der Waals surface area contributed by atoms with Gasteiger partial charge in [0, 0.05) is 37.6 Å². The van der Waals surface area contributed by atoms with Crippen LogP contribution >= 0.6 is 0 Å². The van der Waals surface area contributed by atoms with E-state index in [1.54, 1.807) is 24.5 Å². The molecule has 0 aliphatic rings. The molecule has 2 N–H and O–H groups in total. The molecule has 2 rings (SSSR count). The highest BCUT2D eigenvalue weighted by molar-refractivity contribution is 7.89. The number of benzene rings is 1. The minimum absolute atomic E-state index is 0.117. The fourth-order valence-corrected chi connectivity index (χ4v) is 3.06. The zero-order valence-electron chi connectivity index (χ0n) is 14.3. The Hall–Kier alpha value is -2.29. The molecular weight excluding hydrogens is 340 g/mol. The molecule has 0 aliphatic heterocycles. The largest absolute Gasteiger partial charge is 0.351 e. The van der Waals surface area contributed by atoms with Crippen molar-refractivity contribution < 1.29 is 13.2 Å². The Morgan fingerprint density at radius 2 is 1.72 bits per heavy atom. The van der Waals surface area contributed by atoms with E-state index in [0.717, 1.165) is 12.1 Å². The first kappa shape index (κ1) is 19.0. The van der Waals surface area contributed by atoms with Crippen LogP contribution in [0.15, 0.2) is 53.7 Å². The number of pyridine rings is 1. The molecule has 0 bridgehead atoms. The topological polar surface area (TPSA) is 91.4 Å². The molecule has 0 saturated carbocycles. The van der Waals surface area contributed by atoms with Crippen LogP contribution in [-0.4, -0.2) is 51.4 Å². The third-order valence-corrected chi connectivity index (χ3v) is 4.90. The van der Waals surface area contributed by atoms with Gasteiger partial charge in [-0.1, -0.05) is 0 Å². The maximum atomic E-state index is 12.3. The summed E-state index contributed by atoms with van der Waals surface area (Å²) < 4.78 is 27.1. The monoisotopic (exact) mass is 362 g/mol. The molecule has 8 heteroatoms. The second-order valence-corrected chi connectivity index (χ2v) is 7.53. The molecule has 0 saturated heterocycles. The van der Waals surface area contributed by atoms with E-state index in [2.05, 4.69) is 15.0 Å². The van der Waals surface area contributed by atoms with Gasteiger partial charge in [0.1, 0.15) is 0 Å². The summed E-state index contributed by atoms with van der Waals surface area (Å²) >= 11 is 0. The van der Waals surface area contributed by atoms with E-state index in [-0.39, 0.29) is 17.3 Å². The van der Waals surface area contributed by atoms with E-state index in [1.807, 2.05) is 19.0 Å². The van der Waals surface area contributed by atoms with E-state index in [0.29, 0.717) is 12.1 Å². The van der Waals surface area contributed by atoms with Gasteiger partial charge in [0.25, 0.3) is 5.91 Å². The fourth-order valence-electron chi connectivity index (χ4n) is 2.04. The van der Waals surface area contributed by atoms with Crippen molar-refractivity contribution >= 4 is 15.9 Å². The summed E-state index contributed by atoms with van der Waals surface area (Å²) in [5.41, 5.74) is 1.24. The first-order valence-electron chi connectivity index (χ1n) is 7.80. The highest BCUT2D eigenvalue weighted by Gasteiger charge is 2.14. The molecule has 1 heterocycles. The van der Waals surface area contributed by atoms with Gasteiger partial charge in [0.05, 0.1) is 4.90 Å². The van der Waals surface area contributed by atoms with Crippen LogP contribution in [0.1, 0.15) is 15.9 Å². The Bertz CT molecular complexity index is 790. The Labute approximate surface area is 148 Å². The van der Waals surface area contributed by atoms with Crippen LogP contribution in [0.5, 0.6) is 0 Å². The van der Waals surface area contributed by atoms with Crippen molar-refractivity contribution in [2.24, 2.45) is 0 Å². The number of sulfonamides is 1. The third-order valence-electron chi connectivity index (χ3n) is 3.49.